The zero-order valence-corrected chi connectivity index (χ0v) is 14.7. The molecule has 1 aromatic carbocycles. The molecule has 146 valence electrons. The van der Waals surface area contributed by atoms with Gasteiger partial charge in [0.25, 0.3) is 0 Å². The van der Waals surface area contributed by atoms with E-state index in [-0.39, 0.29) is 18.0 Å². The molecule has 6 nitrogen and oxygen atoms in total. The first-order valence-electron chi connectivity index (χ1n) is 7.99. The van der Waals surface area contributed by atoms with Crippen LogP contribution in [0.2, 0.25) is 0 Å². The van der Waals surface area contributed by atoms with E-state index in [1.165, 1.54) is 12.1 Å². The molecule has 1 aromatic heterocycles. The summed E-state index contributed by atoms with van der Waals surface area (Å²) in [6, 6.07) is 4.85. The molecule has 1 unspecified atom stereocenters. The van der Waals surface area contributed by atoms with Gasteiger partial charge in [-0.15, -0.1) is 0 Å². The smallest absolute Gasteiger partial charge is 0.433 e. The number of piperidine rings is 1. The van der Waals surface area contributed by atoms with Crippen LogP contribution >= 0.6 is 0 Å². The van der Waals surface area contributed by atoms with Crippen LogP contribution in [-0.4, -0.2) is 41.9 Å². The van der Waals surface area contributed by atoms with Gasteiger partial charge >= 0.3 is 12.2 Å². The van der Waals surface area contributed by atoms with Crippen molar-refractivity contribution in [3.63, 3.8) is 0 Å². The van der Waals surface area contributed by atoms with Crippen LogP contribution < -0.4 is 4.74 Å². The summed E-state index contributed by atoms with van der Waals surface area (Å²) in [5, 5.41) is 0. The molecule has 0 bridgehead atoms. The molecule has 0 saturated carbocycles. The van der Waals surface area contributed by atoms with Crippen LogP contribution in [0.25, 0.3) is 0 Å². The average molecular weight is 405 g/mol. The molecule has 0 aliphatic carbocycles. The summed E-state index contributed by atoms with van der Waals surface area (Å²) in [4.78, 5) is 6.78. The van der Waals surface area contributed by atoms with Gasteiger partial charge in [-0.1, -0.05) is 6.07 Å². The van der Waals surface area contributed by atoms with Gasteiger partial charge in [0.05, 0.1) is 11.4 Å². The summed E-state index contributed by atoms with van der Waals surface area (Å²) < 4.78 is 83.3. The van der Waals surface area contributed by atoms with E-state index in [1.807, 2.05) is 0 Å². The highest BCUT2D eigenvalue weighted by Crippen LogP contribution is 2.28. The maximum absolute atomic E-state index is 13.3. The Balaban J connectivity index is 1.75. The monoisotopic (exact) mass is 405 g/mol. The molecule has 0 radical (unpaired) electrons. The summed E-state index contributed by atoms with van der Waals surface area (Å²) in [6.45, 7) is 0.0978. The summed E-state index contributed by atoms with van der Waals surface area (Å²) >= 11 is 0. The third kappa shape index (κ3) is 4.53. The lowest BCUT2D eigenvalue weighted by atomic mass is 10.1. The fourth-order valence-electron chi connectivity index (χ4n) is 2.70. The van der Waals surface area contributed by atoms with Crippen LogP contribution in [0.4, 0.5) is 17.6 Å². The lowest BCUT2D eigenvalue weighted by Crippen LogP contribution is -2.44. The van der Waals surface area contributed by atoms with Crippen LogP contribution in [0.3, 0.4) is 0 Å². The Labute approximate surface area is 152 Å². The number of nitrogens with zero attached hydrogens (tertiary/aromatic N) is 3. The lowest BCUT2D eigenvalue weighted by molar-refractivity contribution is -0.141. The van der Waals surface area contributed by atoms with E-state index in [0.29, 0.717) is 18.9 Å². The Morgan fingerprint density at radius 2 is 2.00 bits per heavy atom. The van der Waals surface area contributed by atoms with Gasteiger partial charge in [-0.05, 0) is 37.1 Å². The second-order valence-electron chi connectivity index (χ2n) is 5.92. The van der Waals surface area contributed by atoms with E-state index < -0.39 is 39.8 Å². The molecule has 0 amide bonds. The quantitative estimate of drug-likeness (QED) is 0.732. The molecular formula is C16H15F4N3O3S. The highest BCUT2D eigenvalue weighted by molar-refractivity contribution is 7.89. The highest BCUT2D eigenvalue weighted by Gasteiger charge is 2.34. The lowest BCUT2D eigenvalue weighted by Gasteiger charge is -2.31. The first-order valence-corrected chi connectivity index (χ1v) is 9.43. The van der Waals surface area contributed by atoms with Crippen molar-refractivity contribution in [3.8, 4) is 6.01 Å². The van der Waals surface area contributed by atoms with Crippen LogP contribution in [0.15, 0.2) is 41.4 Å². The highest BCUT2D eigenvalue weighted by atomic mass is 32.2. The average Bonchev–Trinajstić information content (AvgIpc) is 2.61. The van der Waals surface area contributed by atoms with Crippen molar-refractivity contribution in [2.75, 3.05) is 13.1 Å². The first kappa shape index (κ1) is 19.5. The van der Waals surface area contributed by atoms with E-state index in [9.17, 15) is 26.0 Å². The minimum Gasteiger partial charge on any atom is -0.459 e. The van der Waals surface area contributed by atoms with E-state index in [1.54, 1.807) is 0 Å². The normalized spacial score (nSPS) is 19.0. The molecule has 27 heavy (non-hydrogen) atoms. The molecule has 0 spiro atoms. The molecule has 2 heterocycles. The molecule has 1 aliphatic heterocycles. The number of hydrogen-bond acceptors (Lipinski definition) is 5. The Morgan fingerprint density at radius 1 is 1.22 bits per heavy atom. The van der Waals surface area contributed by atoms with Gasteiger partial charge in [-0.25, -0.2) is 17.8 Å². The predicted octanol–water partition coefficient (Wildman–Crippen LogP) is 2.87. The Bertz CT molecular complexity index is 921. The van der Waals surface area contributed by atoms with Gasteiger partial charge in [-0.3, -0.25) is 0 Å². The molecule has 0 N–H and O–H groups in total. The van der Waals surface area contributed by atoms with Gasteiger partial charge in [0.1, 0.15) is 11.9 Å². The van der Waals surface area contributed by atoms with Crippen molar-refractivity contribution in [2.24, 2.45) is 0 Å². The van der Waals surface area contributed by atoms with E-state index in [2.05, 4.69) is 9.97 Å². The third-order valence-electron chi connectivity index (χ3n) is 3.97. The van der Waals surface area contributed by atoms with Crippen LogP contribution in [0.5, 0.6) is 6.01 Å². The third-order valence-corrected chi connectivity index (χ3v) is 5.83. The molecule has 1 fully saturated rings. The van der Waals surface area contributed by atoms with Crippen LogP contribution in [0.1, 0.15) is 18.5 Å². The number of benzene rings is 1. The summed E-state index contributed by atoms with van der Waals surface area (Å²) in [5.41, 5.74) is -1.15. The number of aromatic nitrogens is 2. The van der Waals surface area contributed by atoms with Gasteiger partial charge in [-0.2, -0.15) is 22.5 Å². The van der Waals surface area contributed by atoms with E-state index in [4.69, 9.17) is 4.74 Å². The Kier molecular flexibility index (Phi) is 5.33. The maximum atomic E-state index is 13.3. The second-order valence-corrected chi connectivity index (χ2v) is 7.86. The number of halogens is 4. The van der Waals surface area contributed by atoms with Crippen molar-refractivity contribution < 1.29 is 30.7 Å². The first-order chi connectivity index (χ1) is 12.7. The molecule has 1 aliphatic rings. The largest absolute Gasteiger partial charge is 0.459 e. The zero-order valence-electron chi connectivity index (χ0n) is 13.9. The van der Waals surface area contributed by atoms with Gasteiger partial charge in [0.2, 0.25) is 10.0 Å². The van der Waals surface area contributed by atoms with Gasteiger partial charge < -0.3 is 4.74 Å². The SMILES string of the molecule is O=S(=O)(c1cccc(F)c1)N1CCCC(Oc2nccc(C(F)(F)F)n2)C1. The number of hydrogen-bond donors (Lipinski definition) is 0. The molecular weight excluding hydrogens is 390 g/mol. The van der Waals surface area contributed by atoms with Crippen molar-refractivity contribution in [1.82, 2.24) is 14.3 Å². The molecule has 11 heteroatoms. The van der Waals surface area contributed by atoms with Crippen molar-refractivity contribution in [1.29, 1.82) is 0 Å². The van der Waals surface area contributed by atoms with Crippen molar-refractivity contribution in [2.45, 2.75) is 30.0 Å². The maximum Gasteiger partial charge on any atom is 0.433 e. The summed E-state index contributed by atoms with van der Waals surface area (Å²) in [5.74, 6) is -0.682. The standard InChI is InChI=1S/C16H15F4N3O3S/c17-11-3-1-5-13(9-11)27(24,25)23-8-2-4-12(10-23)26-15-21-7-6-14(22-15)16(18,19)20/h1,3,5-7,9,12H,2,4,8,10H2. The Morgan fingerprint density at radius 3 is 2.70 bits per heavy atom. The minimum atomic E-state index is -4.64. The van der Waals surface area contributed by atoms with Gasteiger partial charge in [0.15, 0.2) is 5.69 Å². The van der Waals surface area contributed by atoms with Crippen molar-refractivity contribution >= 4 is 10.0 Å². The summed E-state index contributed by atoms with van der Waals surface area (Å²) in [6.07, 6.45) is -3.58. The Hall–Kier alpha value is -2.27. The fourth-order valence-corrected chi connectivity index (χ4v) is 4.24. The van der Waals surface area contributed by atoms with Crippen molar-refractivity contribution in [3.05, 3.63) is 48.0 Å². The molecule has 1 saturated heterocycles. The van der Waals surface area contributed by atoms with E-state index in [0.717, 1.165) is 22.6 Å². The number of ether oxygens (including phenoxy) is 1. The minimum absolute atomic E-state index is 0.0988. The number of rotatable bonds is 4. The number of alkyl halides is 3. The molecule has 1 atom stereocenters. The van der Waals surface area contributed by atoms with Gasteiger partial charge in [0, 0.05) is 12.7 Å². The van der Waals surface area contributed by atoms with E-state index >= 15 is 0 Å². The second kappa shape index (κ2) is 7.39. The number of sulfonamides is 1. The van der Waals surface area contributed by atoms with Crippen LogP contribution in [0, 0.1) is 5.82 Å². The predicted molar refractivity (Wildman–Crippen MR) is 85.8 cm³/mol. The fraction of sp³-hybridized carbons (Fsp3) is 0.375. The summed E-state index contributed by atoms with van der Waals surface area (Å²) in [7, 11) is -3.95. The zero-order chi connectivity index (χ0) is 19.7. The molecule has 2 aromatic rings. The van der Waals surface area contributed by atoms with Crippen LogP contribution in [-0.2, 0) is 16.2 Å². The molecule has 3 rings (SSSR count). The topological polar surface area (TPSA) is 72.4 Å².